The lowest BCUT2D eigenvalue weighted by Gasteiger charge is -2.18. The summed E-state index contributed by atoms with van der Waals surface area (Å²) in [5.41, 5.74) is 0.774. The highest BCUT2D eigenvalue weighted by Gasteiger charge is 2.21. The van der Waals surface area contributed by atoms with E-state index in [0.29, 0.717) is 5.75 Å². The molecule has 0 unspecified atom stereocenters. The summed E-state index contributed by atoms with van der Waals surface area (Å²) in [5, 5.41) is -0.0233. The van der Waals surface area contributed by atoms with Gasteiger partial charge in [-0.15, -0.1) is 0 Å². The highest BCUT2D eigenvalue weighted by atomic mass is 32.2. The molecule has 0 radical (unpaired) electrons. The molecule has 8 heteroatoms. The first kappa shape index (κ1) is 16.5. The second-order valence-electron chi connectivity index (χ2n) is 4.70. The van der Waals surface area contributed by atoms with E-state index in [1.165, 1.54) is 19.6 Å². The Morgan fingerprint density at radius 1 is 1.32 bits per heavy atom. The van der Waals surface area contributed by atoms with E-state index in [1.54, 1.807) is 24.8 Å². The average Bonchev–Trinajstić information content (AvgIpc) is 2.96. The van der Waals surface area contributed by atoms with Crippen molar-refractivity contribution in [1.29, 1.82) is 0 Å². The summed E-state index contributed by atoms with van der Waals surface area (Å²) in [6, 6.07) is 7.32. The molecule has 1 N–H and O–H groups in total. The number of benzene rings is 1. The fourth-order valence-corrected chi connectivity index (χ4v) is 3.05. The minimum Gasteiger partial charge on any atom is -0.496 e. The molecule has 2 aromatic rings. The van der Waals surface area contributed by atoms with Crippen molar-refractivity contribution in [3.8, 4) is 5.75 Å². The lowest BCUT2D eigenvalue weighted by molar-refractivity contribution is 0.105. The molecule has 2 rings (SSSR count). The van der Waals surface area contributed by atoms with Gasteiger partial charge in [0.15, 0.2) is 5.03 Å². The number of nitrogens with zero attached hydrogens (tertiary/aromatic N) is 2. The van der Waals surface area contributed by atoms with Gasteiger partial charge in [-0.05, 0) is 6.07 Å². The molecule has 0 aliphatic rings. The number of imidazole rings is 1. The van der Waals surface area contributed by atoms with Gasteiger partial charge in [-0.3, -0.25) is 0 Å². The number of nitrogens with one attached hydrogen (secondary N) is 1. The third kappa shape index (κ3) is 3.65. The van der Waals surface area contributed by atoms with Crippen molar-refractivity contribution in [2.45, 2.75) is 11.1 Å². The number of hydrogen-bond acceptors (Lipinski definition) is 5. The maximum atomic E-state index is 12.2. The van der Waals surface area contributed by atoms with Gasteiger partial charge >= 0.3 is 0 Å². The molecule has 0 fully saturated rings. The van der Waals surface area contributed by atoms with Gasteiger partial charge in [-0.1, -0.05) is 18.2 Å². The van der Waals surface area contributed by atoms with Gasteiger partial charge in [0, 0.05) is 32.5 Å². The van der Waals surface area contributed by atoms with Crippen LogP contribution in [-0.4, -0.2) is 38.7 Å². The van der Waals surface area contributed by atoms with Crippen LogP contribution >= 0.6 is 0 Å². The highest BCUT2D eigenvalue weighted by molar-refractivity contribution is 7.89. The Morgan fingerprint density at radius 3 is 2.64 bits per heavy atom. The first-order valence-electron chi connectivity index (χ1n) is 6.61. The van der Waals surface area contributed by atoms with Gasteiger partial charge in [0.1, 0.15) is 5.75 Å². The maximum absolute atomic E-state index is 12.2. The van der Waals surface area contributed by atoms with E-state index < -0.39 is 16.1 Å². The Bertz CT molecular complexity index is 727. The van der Waals surface area contributed by atoms with Gasteiger partial charge in [0.05, 0.1) is 19.5 Å². The summed E-state index contributed by atoms with van der Waals surface area (Å²) in [5.74, 6) is 0.645. The number of sulfonamides is 1. The topological polar surface area (TPSA) is 82.5 Å². The molecule has 7 nitrogen and oxygen atoms in total. The number of ether oxygens (including phenoxy) is 2. The lowest BCUT2D eigenvalue weighted by atomic mass is 10.1. The monoisotopic (exact) mass is 325 g/mol. The van der Waals surface area contributed by atoms with Crippen molar-refractivity contribution in [3.05, 3.63) is 42.4 Å². The summed E-state index contributed by atoms with van der Waals surface area (Å²) in [6.45, 7) is 0.0791. The maximum Gasteiger partial charge on any atom is 0.259 e. The van der Waals surface area contributed by atoms with E-state index in [9.17, 15) is 8.42 Å². The molecule has 0 aliphatic carbocycles. The molecule has 0 aliphatic heterocycles. The molecule has 120 valence electrons. The van der Waals surface area contributed by atoms with Gasteiger partial charge in [-0.2, -0.15) is 0 Å². The zero-order valence-electron chi connectivity index (χ0n) is 12.7. The van der Waals surface area contributed by atoms with Crippen LogP contribution in [0.5, 0.6) is 5.75 Å². The van der Waals surface area contributed by atoms with Gasteiger partial charge in [0.25, 0.3) is 10.0 Å². The van der Waals surface area contributed by atoms with Gasteiger partial charge < -0.3 is 14.0 Å². The second-order valence-corrected chi connectivity index (χ2v) is 6.41. The van der Waals surface area contributed by atoms with Gasteiger partial charge in [-0.25, -0.2) is 18.1 Å². The Morgan fingerprint density at radius 2 is 2.05 bits per heavy atom. The molecule has 22 heavy (non-hydrogen) atoms. The summed E-state index contributed by atoms with van der Waals surface area (Å²) >= 11 is 0. The standard InChI is InChI=1S/C14H19N3O4S/c1-17-9-14(15-10-17)22(18,19)16-8-13(21-3)11-6-4-5-7-12(11)20-2/h4-7,9-10,13,16H,8H2,1-3H3/t13-/m0/s1. The van der Waals surface area contributed by atoms with Crippen molar-refractivity contribution in [2.75, 3.05) is 20.8 Å². The van der Waals surface area contributed by atoms with Crippen LogP contribution in [-0.2, 0) is 21.8 Å². The summed E-state index contributed by atoms with van der Waals surface area (Å²) in [7, 11) is 1.11. The van der Waals surface area contributed by atoms with Crippen LogP contribution in [0.1, 0.15) is 11.7 Å². The number of hydrogen-bond donors (Lipinski definition) is 1. The van der Waals surface area contributed by atoms with Crippen molar-refractivity contribution >= 4 is 10.0 Å². The molecule has 1 atom stereocenters. The number of aryl methyl sites for hydroxylation is 1. The van der Waals surface area contributed by atoms with Crippen LogP contribution < -0.4 is 9.46 Å². The van der Waals surface area contributed by atoms with Crippen LogP contribution in [0.3, 0.4) is 0 Å². The zero-order chi connectivity index (χ0) is 16.2. The Kier molecular flexibility index (Phi) is 5.17. The van der Waals surface area contributed by atoms with E-state index in [4.69, 9.17) is 9.47 Å². The third-order valence-electron chi connectivity index (χ3n) is 3.19. The van der Waals surface area contributed by atoms with E-state index in [-0.39, 0.29) is 11.6 Å². The third-order valence-corrected chi connectivity index (χ3v) is 4.49. The minimum absolute atomic E-state index is 0.0233. The quantitative estimate of drug-likeness (QED) is 0.824. The largest absolute Gasteiger partial charge is 0.496 e. The molecule has 0 bridgehead atoms. The Labute approximate surface area is 129 Å². The molecule has 0 saturated heterocycles. The van der Waals surface area contributed by atoms with Crippen molar-refractivity contribution in [2.24, 2.45) is 7.05 Å². The predicted molar refractivity (Wildman–Crippen MR) is 81.1 cm³/mol. The van der Waals surface area contributed by atoms with E-state index in [2.05, 4.69) is 9.71 Å². The molecule has 1 aromatic heterocycles. The minimum atomic E-state index is -3.67. The number of methoxy groups -OCH3 is 2. The van der Waals surface area contributed by atoms with E-state index in [1.807, 2.05) is 18.2 Å². The fourth-order valence-electron chi connectivity index (χ4n) is 2.04. The molecular formula is C14H19N3O4S. The molecular weight excluding hydrogens is 306 g/mol. The predicted octanol–water partition coefficient (Wildman–Crippen LogP) is 1.09. The molecule has 0 saturated carbocycles. The molecule has 1 aromatic carbocycles. The number of aromatic nitrogens is 2. The first-order valence-corrected chi connectivity index (χ1v) is 8.09. The number of rotatable bonds is 7. The average molecular weight is 325 g/mol. The van der Waals surface area contributed by atoms with Gasteiger partial charge in [0.2, 0.25) is 0 Å². The van der Waals surface area contributed by atoms with E-state index >= 15 is 0 Å². The summed E-state index contributed by atoms with van der Waals surface area (Å²) < 4.78 is 39.1. The van der Waals surface area contributed by atoms with E-state index in [0.717, 1.165) is 5.56 Å². The summed E-state index contributed by atoms with van der Waals surface area (Å²) in [4.78, 5) is 3.84. The molecule has 1 heterocycles. The second kappa shape index (κ2) is 6.91. The first-order chi connectivity index (χ1) is 10.5. The van der Waals surface area contributed by atoms with Crippen LogP contribution in [0.4, 0.5) is 0 Å². The normalized spacial score (nSPS) is 13.0. The van der Waals surface area contributed by atoms with Crippen LogP contribution in [0.15, 0.2) is 41.8 Å². The molecule has 0 spiro atoms. The summed E-state index contributed by atoms with van der Waals surface area (Å²) in [6.07, 6.45) is 2.41. The van der Waals surface area contributed by atoms with Crippen molar-refractivity contribution in [3.63, 3.8) is 0 Å². The fraction of sp³-hybridized carbons (Fsp3) is 0.357. The van der Waals surface area contributed by atoms with Crippen LogP contribution in [0, 0.1) is 0 Å². The van der Waals surface area contributed by atoms with Crippen molar-refractivity contribution < 1.29 is 17.9 Å². The smallest absolute Gasteiger partial charge is 0.259 e. The van der Waals surface area contributed by atoms with Crippen LogP contribution in [0.25, 0.3) is 0 Å². The Balaban J connectivity index is 2.14. The highest BCUT2D eigenvalue weighted by Crippen LogP contribution is 2.26. The zero-order valence-corrected chi connectivity index (χ0v) is 13.5. The van der Waals surface area contributed by atoms with Crippen molar-refractivity contribution in [1.82, 2.24) is 14.3 Å². The Hall–Kier alpha value is -1.90. The number of para-hydroxylation sites is 1. The lowest BCUT2D eigenvalue weighted by Crippen LogP contribution is -2.29. The molecule has 0 amide bonds. The SMILES string of the molecule is COc1ccccc1[C@H](CNS(=O)(=O)c1cn(C)cn1)OC. The van der Waals surface area contributed by atoms with Crippen LogP contribution in [0.2, 0.25) is 0 Å².